The van der Waals surface area contributed by atoms with E-state index < -0.39 is 0 Å². The smallest absolute Gasteiger partial charge is 0.148 e. The van der Waals surface area contributed by atoms with Crippen LogP contribution in [-0.2, 0) is 4.74 Å². The van der Waals surface area contributed by atoms with Gasteiger partial charge in [-0.1, -0.05) is 0 Å². The van der Waals surface area contributed by atoms with Crippen molar-refractivity contribution >= 4 is 5.82 Å². The largest absolute Gasteiger partial charge is 0.394 e. The quantitative estimate of drug-likeness (QED) is 0.743. The highest BCUT2D eigenvalue weighted by Gasteiger charge is 2.09. The Bertz CT molecular complexity index is 318. The summed E-state index contributed by atoms with van der Waals surface area (Å²) in [5.74, 6) is 0.700. The molecule has 0 saturated carbocycles. The number of aromatic nitrogens is 2. The second-order valence-electron chi connectivity index (χ2n) is 3.42. The minimum absolute atomic E-state index is 0.00288. The van der Waals surface area contributed by atoms with Crippen molar-refractivity contribution < 1.29 is 9.84 Å². The third-order valence-corrected chi connectivity index (χ3v) is 2.00. The number of methoxy groups -OCH3 is 1. The van der Waals surface area contributed by atoms with E-state index in [-0.39, 0.29) is 12.6 Å². The maximum absolute atomic E-state index is 9.09. The van der Waals surface area contributed by atoms with Crippen molar-refractivity contribution in [1.29, 1.82) is 0 Å². The van der Waals surface area contributed by atoms with Gasteiger partial charge in [0.15, 0.2) is 0 Å². The predicted molar refractivity (Wildman–Crippen MR) is 57.9 cm³/mol. The molecule has 0 aliphatic heterocycles. The number of anilines is 1. The normalized spacial score (nSPS) is 12.5. The lowest BCUT2D eigenvalue weighted by Gasteiger charge is -2.17. The van der Waals surface area contributed by atoms with Gasteiger partial charge in [-0.25, -0.2) is 4.98 Å². The van der Waals surface area contributed by atoms with Crippen LogP contribution in [0.2, 0.25) is 0 Å². The van der Waals surface area contributed by atoms with E-state index in [0.717, 1.165) is 11.4 Å². The highest BCUT2D eigenvalue weighted by Crippen LogP contribution is 2.09. The third kappa shape index (κ3) is 3.45. The molecular weight excluding hydrogens is 194 g/mol. The molecule has 1 aromatic rings. The number of ether oxygens (including phenoxy) is 1. The highest BCUT2D eigenvalue weighted by atomic mass is 16.5. The second kappa shape index (κ2) is 5.63. The van der Waals surface area contributed by atoms with Crippen molar-refractivity contribution in [1.82, 2.24) is 9.97 Å². The summed E-state index contributed by atoms with van der Waals surface area (Å²) in [6.45, 7) is 4.19. The van der Waals surface area contributed by atoms with Crippen LogP contribution in [0.3, 0.4) is 0 Å². The van der Waals surface area contributed by atoms with Crippen LogP contribution in [0.4, 0.5) is 5.82 Å². The highest BCUT2D eigenvalue weighted by molar-refractivity contribution is 5.40. The summed E-state index contributed by atoms with van der Waals surface area (Å²) in [6.07, 6.45) is 1.71. The summed E-state index contributed by atoms with van der Waals surface area (Å²) >= 11 is 0. The van der Waals surface area contributed by atoms with E-state index in [4.69, 9.17) is 9.84 Å². The monoisotopic (exact) mass is 211 g/mol. The fourth-order valence-electron chi connectivity index (χ4n) is 1.21. The summed E-state index contributed by atoms with van der Waals surface area (Å²) in [5.41, 5.74) is 1.66. The first-order valence-corrected chi connectivity index (χ1v) is 4.84. The molecule has 0 aliphatic carbocycles. The van der Waals surface area contributed by atoms with Crippen molar-refractivity contribution in [2.45, 2.75) is 19.9 Å². The molecule has 1 rings (SSSR count). The van der Waals surface area contributed by atoms with Crippen molar-refractivity contribution in [2.24, 2.45) is 0 Å². The number of nitrogens with zero attached hydrogens (tertiary/aromatic N) is 2. The Morgan fingerprint density at radius 1 is 1.53 bits per heavy atom. The molecule has 5 heteroatoms. The van der Waals surface area contributed by atoms with Gasteiger partial charge in [-0.2, -0.15) is 0 Å². The first-order valence-electron chi connectivity index (χ1n) is 4.84. The standard InChI is InChI=1S/C10H17N3O2/c1-7-4-11-8(2)10(12-7)13-9(5-14)6-15-3/h4,9,14H,5-6H2,1-3H3,(H,12,13). The van der Waals surface area contributed by atoms with Crippen molar-refractivity contribution in [3.63, 3.8) is 0 Å². The molecule has 15 heavy (non-hydrogen) atoms. The summed E-state index contributed by atoms with van der Waals surface area (Å²) in [4.78, 5) is 8.48. The molecule has 1 aromatic heterocycles. The first kappa shape index (κ1) is 11.9. The van der Waals surface area contributed by atoms with Gasteiger partial charge in [-0.3, -0.25) is 4.98 Å². The zero-order chi connectivity index (χ0) is 11.3. The molecule has 0 fully saturated rings. The molecule has 0 amide bonds. The zero-order valence-electron chi connectivity index (χ0n) is 9.32. The Morgan fingerprint density at radius 3 is 2.87 bits per heavy atom. The molecule has 84 valence electrons. The maximum Gasteiger partial charge on any atom is 0.148 e. The van der Waals surface area contributed by atoms with Crippen LogP contribution in [0.5, 0.6) is 0 Å². The lowest BCUT2D eigenvalue weighted by molar-refractivity contribution is 0.153. The number of hydrogen-bond acceptors (Lipinski definition) is 5. The van der Waals surface area contributed by atoms with Crippen molar-refractivity contribution in [3.8, 4) is 0 Å². The fraction of sp³-hybridized carbons (Fsp3) is 0.600. The Morgan fingerprint density at radius 2 is 2.27 bits per heavy atom. The molecule has 5 nitrogen and oxygen atoms in total. The lowest BCUT2D eigenvalue weighted by atomic mass is 10.3. The molecule has 0 aromatic carbocycles. The van der Waals surface area contributed by atoms with E-state index in [1.54, 1.807) is 13.3 Å². The van der Waals surface area contributed by atoms with Crippen molar-refractivity contribution in [3.05, 3.63) is 17.6 Å². The molecule has 0 spiro atoms. The number of aryl methyl sites for hydroxylation is 2. The van der Waals surface area contributed by atoms with Gasteiger partial charge in [0.25, 0.3) is 0 Å². The van der Waals surface area contributed by atoms with Gasteiger partial charge in [-0.05, 0) is 13.8 Å². The van der Waals surface area contributed by atoms with Gasteiger partial charge in [0, 0.05) is 13.3 Å². The van der Waals surface area contributed by atoms with Crippen molar-refractivity contribution in [2.75, 3.05) is 25.6 Å². The van der Waals surface area contributed by atoms with Gasteiger partial charge in [0.05, 0.1) is 30.6 Å². The number of nitrogens with one attached hydrogen (secondary N) is 1. The van der Waals surface area contributed by atoms with Crippen LogP contribution < -0.4 is 5.32 Å². The van der Waals surface area contributed by atoms with E-state index in [2.05, 4.69) is 15.3 Å². The van der Waals surface area contributed by atoms with Crippen LogP contribution in [-0.4, -0.2) is 41.4 Å². The Balaban J connectivity index is 2.73. The Kier molecular flexibility index (Phi) is 4.45. The van der Waals surface area contributed by atoms with E-state index in [9.17, 15) is 0 Å². The van der Waals surface area contributed by atoms with E-state index >= 15 is 0 Å². The second-order valence-corrected chi connectivity index (χ2v) is 3.42. The predicted octanol–water partition coefficient (Wildman–Crippen LogP) is 0.513. The van der Waals surface area contributed by atoms with Crippen LogP contribution in [0.25, 0.3) is 0 Å². The fourth-order valence-corrected chi connectivity index (χ4v) is 1.21. The van der Waals surface area contributed by atoms with Crippen LogP contribution in [0, 0.1) is 13.8 Å². The first-order chi connectivity index (χ1) is 7.17. The van der Waals surface area contributed by atoms with Gasteiger partial charge in [-0.15, -0.1) is 0 Å². The summed E-state index contributed by atoms with van der Waals surface area (Å²) in [7, 11) is 1.60. The minimum Gasteiger partial charge on any atom is -0.394 e. The Hall–Kier alpha value is -1.20. The summed E-state index contributed by atoms with van der Waals surface area (Å²) < 4.78 is 4.97. The van der Waals surface area contributed by atoms with Gasteiger partial charge in [0.1, 0.15) is 5.82 Å². The molecule has 2 N–H and O–H groups in total. The third-order valence-electron chi connectivity index (χ3n) is 2.00. The maximum atomic E-state index is 9.09. The topological polar surface area (TPSA) is 67.3 Å². The van der Waals surface area contributed by atoms with Crippen LogP contribution >= 0.6 is 0 Å². The van der Waals surface area contributed by atoms with Crippen LogP contribution in [0.1, 0.15) is 11.4 Å². The average molecular weight is 211 g/mol. The molecule has 0 radical (unpaired) electrons. The van der Waals surface area contributed by atoms with Crippen LogP contribution in [0.15, 0.2) is 6.20 Å². The average Bonchev–Trinajstić information content (AvgIpc) is 2.22. The number of hydrogen-bond donors (Lipinski definition) is 2. The molecule has 1 heterocycles. The van der Waals surface area contributed by atoms with E-state index in [1.165, 1.54) is 0 Å². The molecule has 0 aliphatic rings. The Labute approximate surface area is 89.5 Å². The van der Waals surface area contributed by atoms with Gasteiger partial charge in [0.2, 0.25) is 0 Å². The van der Waals surface area contributed by atoms with Gasteiger partial charge >= 0.3 is 0 Å². The van der Waals surface area contributed by atoms with E-state index in [1.807, 2.05) is 13.8 Å². The summed E-state index contributed by atoms with van der Waals surface area (Å²) in [6, 6.07) is -0.148. The zero-order valence-corrected chi connectivity index (χ0v) is 9.32. The molecule has 0 bridgehead atoms. The molecule has 1 unspecified atom stereocenters. The SMILES string of the molecule is COCC(CO)Nc1nc(C)cnc1C. The molecule has 0 saturated heterocycles. The lowest BCUT2D eigenvalue weighted by Crippen LogP contribution is -2.29. The molecule has 1 atom stereocenters. The summed E-state index contributed by atoms with van der Waals surface area (Å²) in [5, 5.41) is 12.2. The number of aliphatic hydroxyl groups is 1. The minimum atomic E-state index is -0.148. The number of rotatable bonds is 5. The molecular formula is C10H17N3O2. The number of aliphatic hydroxyl groups excluding tert-OH is 1. The van der Waals surface area contributed by atoms with E-state index in [0.29, 0.717) is 12.4 Å². The van der Waals surface area contributed by atoms with Gasteiger partial charge < -0.3 is 15.2 Å².